The van der Waals surface area contributed by atoms with Crippen molar-refractivity contribution < 1.29 is 9.21 Å². The number of rotatable bonds is 6. The largest absolute Gasteiger partial charge is 0.459 e. The normalized spacial score (nSPS) is 10.9. The van der Waals surface area contributed by atoms with Gasteiger partial charge >= 0.3 is 0 Å². The lowest BCUT2D eigenvalue weighted by molar-refractivity contribution is 0.0696. The van der Waals surface area contributed by atoms with E-state index in [-0.39, 0.29) is 5.91 Å². The van der Waals surface area contributed by atoms with Crippen LogP contribution < -0.4 is 0 Å². The highest BCUT2D eigenvalue weighted by atomic mass is 16.3. The van der Waals surface area contributed by atoms with Crippen molar-refractivity contribution in [2.24, 2.45) is 0 Å². The summed E-state index contributed by atoms with van der Waals surface area (Å²) in [7, 11) is 3.98. The lowest BCUT2D eigenvalue weighted by Gasteiger charge is -2.23. The number of carbonyl (C=O) groups excluding carboxylic acids is 1. The average Bonchev–Trinajstić information content (AvgIpc) is 2.90. The summed E-state index contributed by atoms with van der Waals surface area (Å²) in [5.74, 6) is 0.315. The van der Waals surface area contributed by atoms with Gasteiger partial charge in [0, 0.05) is 24.8 Å². The van der Waals surface area contributed by atoms with Crippen molar-refractivity contribution in [2.75, 3.05) is 27.2 Å². The topological polar surface area (TPSA) is 49.6 Å². The minimum Gasteiger partial charge on any atom is -0.459 e. The van der Waals surface area contributed by atoms with Crippen molar-refractivity contribution in [3.63, 3.8) is 0 Å². The van der Waals surface area contributed by atoms with Crippen LogP contribution in [0.15, 0.2) is 41.1 Å². The Kier molecular flexibility index (Phi) is 5.11. The second-order valence-electron chi connectivity index (χ2n) is 5.28. The third-order valence-electron chi connectivity index (χ3n) is 3.24. The Morgan fingerprint density at radius 1 is 1.24 bits per heavy atom. The van der Waals surface area contributed by atoms with Crippen LogP contribution in [0.3, 0.4) is 0 Å². The zero-order valence-corrected chi connectivity index (χ0v) is 12.7. The van der Waals surface area contributed by atoms with Crippen LogP contribution in [0.5, 0.6) is 0 Å². The molecule has 2 heterocycles. The van der Waals surface area contributed by atoms with Crippen molar-refractivity contribution in [2.45, 2.75) is 13.5 Å². The molecule has 112 valence electrons. The van der Waals surface area contributed by atoms with E-state index in [1.165, 1.54) is 0 Å². The van der Waals surface area contributed by atoms with Crippen LogP contribution in [-0.2, 0) is 6.54 Å². The fourth-order valence-corrected chi connectivity index (χ4v) is 2.00. The lowest BCUT2D eigenvalue weighted by Crippen LogP contribution is -2.36. The van der Waals surface area contributed by atoms with Crippen LogP contribution in [-0.4, -0.2) is 47.9 Å². The minimum atomic E-state index is -0.0926. The van der Waals surface area contributed by atoms with Gasteiger partial charge in [0.2, 0.25) is 0 Å². The third-order valence-corrected chi connectivity index (χ3v) is 3.24. The second kappa shape index (κ2) is 7.04. The van der Waals surface area contributed by atoms with Gasteiger partial charge in [-0.05, 0) is 39.2 Å². The van der Waals surface area contributed by atoms with Crippen LogP contribution in [0, 0.1) is 6.92 Å². The molecule has 0 aliphatic heterocycles. The Morgan fingerprint density at radius 3 is 2.62 bits per heavy atom. The molecule has 0 spiro atoms. The van der Waals surface area contributed by atoms with E-state index >= 15 is 0 Å². The second-order valence-corrected chi connectivity index (χ2v) is 5.28. The smallest absolute Gasteiger partial charge is 0.290 e. The molecule has 0 atom stereocenters. The Labute approximate surface area is 125 Å². The summed E-state index contributed by atoms with van der Waals surface area (Å²) in [6.07, 6.45) is 3.29. The molecule has 0 saturated heterocycles. The number of aromatic nitrogens is 1. The van der Waals surface area contributed by atoms with Crippen LogP contribution in [0.4, 0.5) is 0 Å². The van der Waals surface area contributed by atoms with E-state index < -0.39 is 0 Å². The summed E-state index contributed by atoms with van der Waals surface area (Å²) in [6.45, 7) is 3.77. The molecule has 0 N–H and O–H groups in total. The summed E-state index contributed by atoms with van der Waals surface area (Å²) in [5.41, 5.74) is 1.73. The quantitative estimate of drug-likeness (QED) is 0.817. The molecule has 0 fully saturated rings. The monoisotopic (exact) mass is 287 g/mol. The predicted octanol–water partition coefficient (Wildman–Crippen LogP) is 2.19. The first-order valence-electron chi connectivity index (χ1n) is 6.96. The van der Waals surface area contributed by atoms with Crippen molar-refractivity contribution >= 4 is 5.91 Å². The van der Waals surface area contributed by atoms with Crippen LogP contribution >= 0.6 is 0 Å². The molecule has 5 heteroatoms. The van der Waals surface area contributed by atoms with Gasteiger partial charge < -0.3 is 14.2 Å². The fraction of sp³-hybridized carbons (Fsp3) is 0.375. The number of hydrogen-bond acceptors (Lipinski definition) is 4. The zero-order chi connectivity index (χ0) is 15.2. The minimum absolute atomic E-state index is 0.0926. The lowest BCUT2D eigenvalue weighted by atomic mass is 10.2. The van der Waals surface area contributed by atoms with E-state index in [9.17, 15) is 4.79 Å². The van der Waals surface area contributed by atoms with E-state index in [2.05, 4.69) is 4.98 Å². The first kappa shape index (κ1) is 15.3. The van der Waals surface area contributed by atoms with E-state index in [0.717, 1.165) is 17.8 Å². The van der Waals surface area contributed by atoms with Crippen molar-refractivity contribution in [1.29, 1.82) is 0 Å². The number of furan rings is 1. The molecule has 0 aliphatic rings. The summed E-state index contributed by atoms with van der Waals surface area (Å²) < 4.78 is 5.33. The van der Waals surface area contributed by atoms with Gasteiger partial charge in [-0.15, -0.1) is 0 Å². The Balaban J connectivity index is 2.15. The van der Waals surface area contributed by atoms with Gasteiger partial charge in [0.15, 0.2) is 5.76 Å². The molecule has 0 aromatic carbocycles. The molecule has 2 aromatic rings. The summed E-state index contributed by atoms with van der Waals surface area (Å²) in [5, 5.41) is 0. The van der Waals surface area contributed by atoms with Crippen LogP contribution in [0.25, 0.3) is 0 Å². The highest BCUT2D eigenvalue weighted by molar-refractivity contribution is 5.92. The molecule has 0 radical (unpaired) electrons. The van der Waals surface area contributed by atoms with Crippen molar-refractivity contribution in [3.8, 4) is 0 Å². The zero-order valence-electron chi connectivity index (χ0n) is 12.7. The SMILES string of the molecule is Cc1ccoc1C(=O)N(CCN(C)C)Cc1ccccn1. The van der Waals surface area contributed by atoms with Gasteiger partial charge in [0.25, 0.3) is 5.91 Å². The van der Waals surface area contributed by atoms with Crippen molar-refractivity contribution in [3.05, 3.63) is 53.7 Å². The van der Waals surface area contributed by atoms with Gasteiger partial charge in [-0.25, -0.2) is 0 Å². The third kappa shape index (κ3) is 4.16. The number of carbonyl (C=O) groups is 1. The first-order valence-corrected chi connectivity index (χ1v) is 6.96. The number of pyridine rings is 1. The highest BCUT2D eigenvalue weighted by Gasteiger charge is 2.21. The first-order chi connectivity index (χ1) is 10.1. The van der Waals surface area contributed by atoms with Gasteiger partial charge in [0.05, 0.1) is 18.5 Å². The molecule has 1 amide bonds. The Hall–Kier alpha value is -2.14. The Bertz CT molecular complexity index is 578. The maximum atomic E-state index is 12.6. The molecule has 21 heavy (non-hydrogen) atoms. The van der Waals surface area contributed by atoms with E-state index in [0.29, 0.717) is 18.8 Å². The number of hydrogen-bond donors (Lipinski definition) is 0. The summed E-state index contributed by atoms with van der Waals surface area (Å²) >= 11 is 0. The number of aryl methyl sites for hydroxylation is 1. The molecule has 0 aliphatic carbocycles. The standard InChI is InChI=1S/C16H21N3O2/c1-13-7-11-21-15(13)16(20)19(10-9-18(2)3)12-14-6-4-5-8-17-14/h4-8,11H,9-10,12H2,1-3H3. The predicted molar refractivity (Wildman–Crippen MR) is 81.0 cm³/mol. The molecule has 0 saturated carbocycles. The maximum Gasteiger partial charge on any atom is 0.290 e. The summed E-state index contributed by atoms with van der Waals surface area (Å²) in [6, 6.07) is 7.52. The van der Waals surface area contributed by atoms with E-state index in [1.807, 2.05) is 44.1 Å². The molecular weight excluding hydrogens is 266 g/mol. The molecule has 5 nitrogen and oxygen atoms in total. The molecule has 0 bridgehead atoms. The number of nitrogens with zero attached hydrogens (tertiary/aromatic N) is 3. The fourth-order valence-electron chi connectivity index (χ4n) is 2.00. The van der Waals surface area contributed by atoms with Gasteiger partial charge in [-0.1, -0.05) is 6.07 Å². The molecule has 0 unspecified atom stereocenters. The highest BCUT2D eigenvalue weighted by Crippen LogP contribution is 2.14. The van der Waals surface area contributed by atoms with Gasteiger partial charge in [-0.2, -0.15) is 0 Å². The number of amides is 1. The average molecular weight is 287 g/mol. The van der Waals surface area contributed by atoms with Gasteiger partial charge in [0.1, 0.15) is 0 Å². The molecular formula is C16H21N3O2. The van der Waals surface area contributed by atoms with E-state index in [1.54, 1.807) is 23.4 Å². The Morgan fingerprint density at radius 2 is 2.05 bits per heavy atom. The van der Waals surface area contributed by atoms with Crippen LogP contribution in [0.2, 0.25) is 0 Å². The molecule has 2 aromatic heterocycles. The van der Waals surface area contributed by atoms with Crippen LogP contribution in [0.1, 0.15) is 21.8 Å². The maximum absolute atomic E-state index is 12.6. The van der Waals surface area contributed by atoms with Gasteiger partial charge in [-0.3, -0.25) is 9.78 Å². The molecule has 2 rings (SSSR count). The number of likely N-dealkylation sites (N-methyl/N-ethyl adjacent to an activating group) is 1. The van der Waals surface area contributed by atoms with Crippen molar-refractivity contribution in [1.82, 2.24) is 14.8 Å². The van der Waals surface area contributed by atoms with E-state index in [4.69, 9.17) is 4.42 Å². The summed E-state index contributed by atoms with van der Waals surface area (Å²) in [4.78, 5) is 20.7.